The summed E-state index contributed by atoms with van der Waals surface area (Å²) in [5.74, 6) is -3.28. The number of aliphatic carboxylic acids is 1. The third kappa shape index (κ3) is 3.41. The van der Waals surface area contributed by atoms with Crippen molar-refractivity contribution < 1.29 is 27.9 Å². The molecule has 2 aliphatic rings. The lowest BCUT2D eigenvalue weighted by atomic mass is 9.98. The van der Waals surface area contributed by atoms with Gasteiger partial charge in [-0.2, -0.15) is 13.2 Å². The standard InChI is InChI=1S/C13H19F3N2O3/c1-8-5-18(7-10(8)11(19)20)12(21)17-4-2-3-9(6-17)13(14,15)16/h8-10H,2-7H2,1H3,(H,19,20)/t8-,9?,10-/m1/s1. The van der Waals surface area contributed by atoms with E-state index in [1.54, 1.807) is 6.92 Å². The third-order valence-electron chi connectivity index (χ3n) is 4.35. The van der Waals surface area contributed by atoms with E-state index >= 15 is 0 Å². The lowest BCUT2D eigenvalue weighted by molar-refractivity contribution is -0.184. The molecule has 2 saturated heterocycles. The highest BCUT2D eigenvalue weighted by Crippen LogP contribution is 2.34. The van der Waals surface area contributed by atoms with Crippen molar-refractivity contribution in [2.45, 2.75) is 25.9 Å². The first-order valence-corrected chi connectivity index (χ1v) is 7.03. The van der Waals surface area contributed by atoms with Crippen LogP contribution in [0.4, 0.5) is 18.0 Å². The van der Waals surface area contributed by atoms with Gasteiger partial charge in [0.1, 0.15) is 0 Å². The SMILES string of the molecule is C[C@@H]1CN(C(=O)N2CCCC(C(F)(F)F)C2)C[C@H]1C(=O)O. The summed E-state index contributed by atoms with van der Waals surface area (Å²) in [6.45, 7) is 2.06. The van der Waals surface area contributed by atoms with Crippen molar-refractivity contribution in [3.63, 3.8) is 0 Å². The molecule has 0 aromatic heterocycles. The number of carboxylic acids is 1. The van der Waals surface area contributed by atoms with E-state index in [2.05, 4.69) is 0 Å². The normalized spacial score (nSPS) is 30.6. The zero-order valence-corrected chi connectivity index (χ0v) is 11.8. The van der Waals surface area contributed by atoms with Gasteiger partial charge in [0, 0.05) is 26.2 Å². The summed E-state index contributed by atoms with van der Waals surface area (Å²) in [4.78, 5) is 25.9. The number of halogens is 3. The first-order chi connectivity index (χ1) is 9.70. The van der Waals surface area contributed by atoms with Crippen LogP contribution < -0.4 is 0 Å². The maximum atomic E-state index is 12.8. The molecule has 0 saturated carbocycles. The Morgan fingerprint density at radius 1 is 1.14 bits per heavy atom. The van der Waals surface area contributed by atoms with Gasteiger partial charge < -0.3 is 14.9 Å². The van der Waals surface area contributed by atoms with Gasteiger partial charge in [0.25, 0.3) is 0 Å². The molecule has 2 aliphatic heterocycles. The third-order valence-corrected chi connectivity index (χ3v) is 4.35. The molecule has 1 N–H and O–H groups in total. The van der Waals surface area contributed by atoms with E-state index in [0.717, 1.165) is 0 Å². The average molecular weight is 308 g/mol. The molecule has 2 fully saturated rings. The number of hydrogen-bond donors (Lipinski definition) is 1. The quantitative estimate of drug-likeness (QED) is 0.806. The molecule has 0 radical (unpaired) electrons. The van der Waals surface area contributed by atoms with Crippen molar-refractivity contribution >= 4 is 12.0 Å². The monoisotopic (exact) mass is 308 g/mol. The van der Waals surface area contributed by atoms with E-state index in [1.165, 1.54) is 9.80 Å². The van der Waals surface area contributed by atoms with Gasteiger partial charge in [-0.15, -0.1) is 0 Å². The van der Waals surface area contributed by atoms with Gasteiger partial charge in [-0.3, -0.25) is 4.79 Å². The fraction of sp³-hybridized carbons (Fsp3) is 0.846. The summed E-state index contributed by atoms with van der Waals surface area (Å²) in [5, 5.41) is 9.04. The minimum Gasteiger partial charge on any atom is -0.481 e. The molecule has 120 valence electrons. The van der Waals surface area contributed by atoms with Gasteiger partial charge >= 0.3 is 18.2 Å². The minimum atomic E-state index is -4.29. The number of alkyl halides is 3. The van der Waals surface area contributed by atoms with Crippen LogP contribution in [0, 0.1) is 17.8 Å². The Kier molecular flexibility index (Phi) is 4.34. The molecular weight excluding hydrogens is 289 g/mol. The maximum absolute atomic E-state index is 12.8. The van der Waals surface area contributed by atoms with Crippen LogP contribution in [-0.4, -0.2) is 59.3 Å². The smallest absolute Gasteiger partial charge is 0.393 e. The minimum absolute atomic E-state index is 0.0431. The molecule has 2 amide bonds. The van der Waals surface area contributed by atoms with Gasteiger partial charge in [0.2, 0.25) is 0 Å². The second-order valence-electron chi connectivity index (χ2n) is 5.94. The lowest BCUT2D eigenvalue weighted by Crippen LogP contribution is -2.49. The fourth-order valence-corrected chi connectivity index (χ4v) is 3.06. The number of urea groups is 1. The highest BCUT2D eigenvalue weighted by Gasteiger charge is 2.44. The summed E-state index contributed by atoms with van der Waals surface area (Å²) >= 11 is 0. The lowest BCUT2D eigenvalue weighted by Gasteiger charge is -2.36. The molecule has 2 rings (SSSR count). The Balaban J connectivity index is 1.99. The summed E-state index contributed by atoms with van der Waals surface area (Å²) in [6.07, 6.45) is -3.93. The van der Waals surface area contributed by atoms with Crippen molar-refractivity contribution in [1.82, 2.24) is 9.80 Å². The van der Waals surface area contributed by atoms with Crippen molar-refractivity contribution in [3.8, 4) is 0 Å². The Morgan fingerprint density at radius 2 is 1.81 bits per heavy atom. The molecule has 2 heterocycles. The highest BCUT2D eigenvalue weighted by atomic mass is 19.4. The zero-order chi connectivity index (χ0) is 15.8. The first kappa shape index (κ1) is 15.9. The molecule has 21 heavy (non-hydrogen) atoms. The summed E-state index contributed by atoms with van der Waals surface area (Å²) in [7, 11) is 0. The van der Waals surface area contributed by atoms with Gasteiger partial charge in [0.05, 0.1) is 11.8 Å². The number of likely N-dealkylation sites (tertiary alicyclic amines) is 2. The van der Waals surface area contributed by atoms with Gasteiger partial charge in [0.15, 0.2) is 0 Å². The van der Waals surface area contributed by atoms with Crippen LogP contribution >= 0.6 is 0 Å². The number of amides is 2. The molecule has 5 nitrogen and oxygen atoms in total. The molecule has 0 aromatic rings. The van der Waals surface area contributed by atoms with Crippen LogP contribution in [0.1, 0.15) is 19.8 Å². The predicted octanol–water partition coefficient (Wildman–Crippen LogP) is 2.03. The van der Waals surface area contributed by atoms with E-state index in [-0.39, 0.29) is 32.0 Å². The zero-order valence-electron chi connectivity index (χ0n) is 11.8. The van der Waals surface area contributed by atoms with Gasteiger partial charge in [-0.25, -0.2) is 4.79 Å². The first-order valence-electron chi connectivity index (χ1n) is 7.03. The van der Waals surface area contributed by atoms with E-state index in [4.69, 9.17) is 5.11 Å². The summed E-state index contributed by atoms with van der Waals surface area (Å²) < 4.78 is 38.3. The Labute approximate surface area is 120 Å². The number of hydrogen-bond acceptors (Lipinski definition) is 2. The predicted molar refractivity (Wildman–Crippen MR) is 67.6 cm³/mol. The van der Waals surface area contributed by atoms with E-state index in [1.807, 2.05) is 0 Å². The Bertz CT molecular complexity index is 427. The van der Waals surface area contributed by atoms with Crippen LogP contribution in [0.15, 0.2) is 0 Å². The number of nitrogens with zero attached hydrogens (tertiary/aromatic N) is 2. The Morgan fingerprint density at radius 3 is 2.33 bits per heavy atom. The van der Waals surface area contributed by atoms with Crippen LogP contribution in [0.3, 0.4) is 0 Å². The maximum Gasteiger partial charge on any atom is 0.393 e. The van der Waals surface area contributed by atoms with Crippen molar-refractivity contribution in [3.05, 3.63) is 0 Å². The second-order valence-corrected chi connectivity index (χ2v) is 5.94. The number of piperidine rings is 1. The summed E-state index contributed by atoms with van der Waals surface area (Å²) in [6, 6.07) is -0.473. The number of rotatable bonds is 1. The van der Waals surface area contributed by atoms with Crippen LogP contribution in [0.2, 0.25) is 0 Å². The molecule has 8 heteroatoms. The fourth-order valence-electron chi connectivity index (χ4n) is 3.06. The molecule has 0 aliphatic carbocycles. The van der Waals surface area contributed by atoms with Crippen LogP contribution in [0.25, 0.3) is 0 Å². The van der Waals surface area contributed by atoms with Gasteiger partial charge in [-0.1, -0.05) is 6.92 Å². The summed E-state index contributed by atoms with van der Waals surface area (Å²) in [5.41, 5.74) is 0. The molecule has 0 spiro atoms. The largest absolute Gasteiger partial charge is 0.481 e. The average Bonchev–Trinajstić information content (AvgIpc) is 2.79. The van der Waals surface area contributed by atoms with Crippen molar-refractivity contribution in [1.29, 1.82) is 0 Å². The molecule has 0 bridgehead atoms. The number of carboxylic acid groups (broad SMARTS) is 1. The van der Waals surface area contributed by atoms with Crippen molar-refractivity contribution in [2.75, 3.05) is 26.2 Å². The Hall–Kier alpha value is -1.47. The van der Waals surface area contributed by atoms with Crippen LogP contribution in [-0.2, 0) is 4.79 Å². The van der Waals surface area contributed by atoms with E-state index in [9.17, 15) is 22.8 Å². The number of carbonyl (C=O) groups is 2. The molecular formula is C13H19F3N2O3. The molecule has 1 unspecified atom stereocenters. The molecule has 3 atom stereocenters. The second kappa shape index (κ2) is 5.73. The highest BCUT2D eigenvalue weighted by molar-refractivity contribution is 5.77. The molecule has 0 aromatic carbocycles. The van der Waals surface area contributed by atoms with E-state index in [0.29, 0.717) is 13.0 Å². The van der Waals surface area contributed by atoms with E-state index < -0.39 is 30.0 Å². The van der Waals surface area contributed by atoms with Crippen LogP contribution in [0.5, 0.6) is 0 Å². The topological polar surface area (TPSA) is 60.9 Å². The van der Waals surface area contributed by atoms with Gasteiger partial charge in [-0.05, 0) is 18.8 Å². The number of carbonyl (C=O) groups excluding carboxylic acids is 1. The van der Waals surface area contributed by atoms with Crippen molar-refractivity contribution in [2.24, 2.45) is 17.8 Å².